The summed E-state index contributed by atoms with van der Waals surface area (Å²) < 4.78 is 2.46. The van der Waals surface area contributed by atoms with Crippen molar-refractivity contribution in [3.8, 4) is 11.1 Å². The largest absolute Gasteiger partial charge is 0.346 e. The van der Waals surface area contributed by atoms with Crippen LogP contribution < -0.4 is 5.32 Å². The van der Waals surface area contributed by atoms with Crippen LogP contribution in [0.4, 0.5) is 0 Å². The minimum atomic E-state index is 0.954. The van der Waals surface area contributed by atoms with E-state index in [4.69, 9.17) is 0 Å². The number of rotatable bonds is 3. The second kappa shape index (κ2) is 6.43. The number of hydrogen-bond donors (Lipinski definition) is 1. The van der Waals surface area contributed by atoms with Crippen LogP contribution >= 0.6 is 0 Å². The molecule has 23 heavy (non-hydrogen) atoms. The van der Waals surface area contributed by atoms with Crippen molar-refractivity contribution in [3.05, 3.63) is 83.7 Å². The van der Waals surface area contributed by atoms with Gasteiger partial charge in [0.2, 0.25) is 0 Å². The fraction of sp³-hybridized carbons (Fsp3) is 0.238. The molecule has 1 aliphatic heterocycles. The van der Waals surface area contributed by atoms with Gasteiger partial charge in [0.1, 0.15) is 0 Å². The van der Waals surface area contributed by atoms with Crippen LogP contribution in [-0.2, 0) is 19.4 Å². The predicted octanol–water partition coefficient (Wildman–Crippen LogP) is 3.89. The summed E-state index contributed by atoms with van der Waals surface area (Å²) in [5.74, 6) is 0. The van der Waals surface area contributed by atoms with Gasteiger partial charge in [0, 0.05) is 37.0 Å². The summed E-state index contributed by atoms with van der Waals surface area (Å²) in [5.41, 5.74) is 7.12. The lowest BCUT2D eigenvalue weighted by molar-refractivity contribution is 0.683. The minimum absolute atomic E-state index is 0.954. The molecule has 0 amide bonds. The van der Waals surface area contributed by atoms with Gasteiger partial charge < -0.3 is 9.88 Å². The fourth-order valence-electron chi connectivity index (χ4n) is 3.55. The molecule has 4 rings (SSSR count). The lowest BCUT2D eigenvalue weighted by atomic mass is 10.0. The summed E-state index contributed by atoms with van der Waals surface area (Å²) in [6.45, 7) is 3.10. The van der Waals surface area contributed by atoms with Gasteiger partial charge in [0.05, 0.1) is 0 Å². The smallest absolute Gasteiger partial charge is 0.0473 e. The molecule has 1 aliphatic rings. The second-order valence-corrected chi connectivity index (χ2v) is 6.20. The van der Waals surface area contributed by atoms with Crippen LogP contribution in [-0.4, -0.2) is 17.7 Å². The van der Waals surface area contributed by atoms with Crippen molar-refractivity contribution in [1.29, 1.82) is 0 Å². The highest BCUT2D eigenvalue weighted by Crippen LogP contribution is 2.30. The molecule has 0 atom stereocenters. The van der Waals surface area contributed by atoms with Crippen LogP contribution in [0.2, 0.25) is 0 Å². The topological polar surface area (TPSA) is 17.0 Å². The molecule has 0 unspecified atom stereocenters. The number of benzene rings is 2. The zero-order valence-electron chi connectivity index (χ0n) is 13.3. The molecule has 2 nitrogen and oxygen atoms in total. The third-order valence-corrected chi connectivity index (χ3v) is 4.68. The highest BCUT2D eigenvalue weighted by atomic mass is 15.0. The monoisotopic (exact) mass is 302 g/mol. The second-order valence-electron chi connectivity index (χ2n) is 6.20. The number of fused-ring (bicyclic) bond motifs is 1. The normalized spacial score (nSPS) is 14.3. The molecule has 0 radical (unpaired) electrons. The first-order valence-electron chi connectivity index (χ1n) is 8.43. The summed E-state index contributed by atoms with van der Waals surface area (Å²) in [6.07, 6.45) is 4.58. The molecule has 0 fully saturated rings. The number of nitrogens with one attached hydrogen (secondary N) is 1. The van der Waals surface area contributed by atoms with Gasteiger partial charge in [-0.1, -0.05) is 60.7 Å². The third kappa shape index (κ3) is 2.95. The van der Waals surface area contributed by atoms with E-state index in [0.717, 1.165) is 32.5 Å². The number of hydrogen-bond acceptors (Lipinski definition) is 1. The summed E-state index contributed by atoms with van der Waals surface area (Å²) in [5, 5.41) is 3.54. The summed E-state index contributed by atoms with van der Waals surface area (Å²) in [7, 11) is 0. The third-order valence-electron chi connectivity index (χ3n) is 4.68. The Hall–Kier alpha value is -2.32. The van der Waals surface area contributed by atoms with E-state index in [1.54, 1.807) is 0 Å². The predicted molar refractivity (Wildman–Crippen MR) is 95.7 cm³/mol. The van der Waals surface area contributed by atoms with E-state index in [0.29, 0.717) is 0 Å². The van der Waals surface area contributed by atoms with Crippen molar-refractivity contribution < 1.29 is 0 Å². The highest BCUT2D eigenvalue weighted by Gasteiger charge is 2.18. The highest BCUT2D eigenvalue weighted by molar-refractivity contribution is 5.68. The molecular weight excluding hydrogens is 280 g/mol. The van der Waals surface area contributed by atoms with Crippen LogP contribution in [0.25, 0.3) is 11.1 Å². The van der Waals surface area contributed by atoms with Crippen molar-refractivity contribution in [2.75, 3.05) is 13.1 Å². The Morgan fingerprint density at radius 3 is 2.30 bits per heavy atom. The van der Waals surface area contributed by atoms with Gasteiger partial charge in [-0.3, -0.25) is 0 Å². The molecule has 0 saturated heterocycles. The van der Waals surface area contributed by atoms with Gasteiger partial charge >= 0.3 is 0 Å². The zero-order valence-corrected chi connectivity index (χ0v) is 13.3. The molecule has 2 heterocycles. The maximum Gasteiger partial charge on any atom is 0.0473 e. The van der Waals surface area contributed by atoms with E-state index in [2.05, 4.69) is 76.7 Å². The molecule has 0 saturated carbocycles. The van der Waals surface area contributed by atoms with Crippen molar-refractivity contribution in [2.45, 2.75) is 19.4 Å². The van der Waals surface area contributed by atoms with Crippen LogP contribution in [0.1, 0.15) is 16.8 Å². The van der Waals surface area contributed by atoms with E-state index in [-0.39, 0.29) is 0 Å². The average Bonchev–Trinajstić information content (AvgIpc) is 2.79. The lowest BCUT2D eigenvalue weighted by Gasteiger charge is -2.09. The van der Waals surface area contributed by atoms with E-state index < -0.39 is 0 Å². The van der Waals surface area contributed by atoms with Gasteiger partial charge in [-0.15, -0.1) is 0 Å². The molecule has 116 valence electrons. The summed E-state index contributed by atoms with van der Waals surface area (Å²) in [6, 6.07) is 21.5. The molecule has 0 spiro atoms. The van der Waals surface area contributed by atoms with E-state index in [1.165, 1.54) is 27.9 Å². The first-order chi connectivity index (χ1) is 11.4. The van der Waals surface area contributed by atoms with Crippen LogP contribution in [0.15, 0.2) is 66.9 Å². The summed E-state index contributed by atoms with van der Waals surface area (Å²) in [4.78, 5) is 0. The van der Waals surface area contributed by atoms with Crippen molar-refractivity contribution in [1.82, 2.24) is 9.88 Å². The fourth-order valence-corrected chi connectivity index (χ4v) is 3.55. The minimum Gasteiger partial charge on any atom is -0.346 e. The molecule has 0 aliphatic carbocycles. The molecule has 0 bridgehead atoms. The van der Waals surface area contributed by atoms with Gasteiger partial charge in [0.25, 0.3) is 0 Å². The summed E-state index contributed by atoms with van der Waals surface area (Å²) >= 11 is 0. The molecule has 1 aromatic heterocycles. The standard InChI is InChI=1S/C21H22N2/c1-3-7-17(8-4-1)15-23-16-20(18-9-5-2-6-10-18)19-11-13-22-14-12-21(19)23/h1-10,16,22H,11-15H2. The first-order valence-corrected chi connectivity index (χ1v) is 8.43. The maximum atomic E-state index is 3.54. The van der Waals surface area contributed by atoms with Gasteiger partial charge in [-0.25, -0.2) is 0 Å². The zero-order chi connectivity index (χ0) is 15.5. The quantitative estimate of drug-likeness (QED) is 0.776. The molecule has 2 aromatic carbocycles. The Bertz CT molecular complexity index is 772. The average molecular weight is 302 g/mol. The van der Waals surface area contributed by atoms with Crippen LogP contribution in [0.3, 0.4) is 0 Å². The number of aromatic nitrogens is 1. The Morgan fingerprint density at radius 2 is 1.52 bits per heavy atom. The van der Waals surface area contributed by atoms with Crippen molar-refractivity contribution >= 4 is 0 Å². The number of nitrogens with zero attached hydrogens (tertiary/aromatic N) is 1. The van der Waals surface area contributed by atoms with Crippen molar-refractivity contribution in [2.24, 2.45) is 0 Å². The Morgan fingerprint density at radius 1 is 0.826 bits per heavy atom. The van der Waals surface area contributed by atoms with Gasteiger partial charge in [-0.05, 0) is 29.7 Å². The lowest BCUT2D eigenvalue weighted by Crippen LogP contribution is -2.17. The van der Waals surface area contributed by atoms with Crippen LogP contribution in [0, 0.1) is 0 Å². The van der Waals surface area contributed by atoms with Gasteiger partial charge in [-0.2, -0.15) is 0 Å². The molecule has 2 heteroatoms. The Labute approximate surface area is 137 Å². The SMILES string of the molecule is c1ccc(Cn2cc(-c3ccccc3)c3c2CCNCC3)cc1. The Balaban J connectivity index is 1.78. The first kappa shape index (κ1) is 14.3. The van der Waals surface area contributed by atoms with Crippen LogP contribution in [0.5, 0.6) is 0 Å². The van der Waals surface area contributed by atoms with Gasteiger partial charge in [0.15, 0.2) is 0 Å². The van der Waals surface area contributed by atoms with Crippen molar-refractivity contribution in [3.63, 3.8) is 0 Å². The van der Waals surface area contributed by atoms with E-state index >= 15 is 0 Å². The molecule has 3 aromatic rings. The van der Waals surface area contributed by atoms with E-state index in [9.17, 15) is 0 Å². The Kier molecular flexibility index (Phi) is 3.99. The molecule has 1 N–H and O–H groups in total. The van der Waals surface area contributed by atoms with E-state index in [1.807, 2.05) is 0 Å². The maximum absolute atomic E-state index is 3.54. The molecular formula is C21H22N2.